The Labute approximate surface area is 116 Å². The third-order valence-electron chi connectivity index (χ3n) is 1.94. The smallest absolute Gasteiger partial charge is 0.743 e. The van der Waals surface area contributed by atoms with Crippen molar-refractivity contribution in [1.82, 2.24) is 0 Å². The van der Waals surface area contributed by atoms with Crippen LogP contribution in [0, 0.1) is 0 Å². The summed E-state index contributed by atoms with van der Waals surface area (Å²) in [6.45, 7) is 0. The summed E-state index contributed by atoms with van der Waals surface area (Å²) in [6, 6.07) is 0. The first-order chi connectivity index (χ1) is 7.71. The van der Waals surface area contributed by atoms with Crippen LogP contribution in [0.25, 0.3) is 0 Å². The van der Waals surface area contributed by atoms with Gasteiger partial charge in [-0.3, -0.25) is 0 Å². The Morgan fingerprint density at radius 3 is 1.53 bits per heavy atom. The minimum Gasteiger partial charge on any atom is -0.743 e. The van der Waals surface area contributed by atoms with Gasteiger partial charge in [-0.1, -0.05) is 0 Å². The molecule has 19 heavy (non-hydrogen) atoms. The Morgan fingerprint density at radius 1 is 0.842 bits per heavy atom. The predicted octanol–water partition coefficient (Wildman–Crippen LogP) is -0.114. The maximum atomic E-state index is 12.7. The van der Waals surface area contributed by atoms with Crippen LogP contribution in [0.1, 0.15) is 25.7 Å². The number of alkyl halides is 7. The van der Waals surface area contributed by atoms with Gasteiger partial charge < -0.3 is 4.55 Å². The zero-order valence-corrected chi connectivity index (χ0v) is 10.4. The first-order valence-electron chi connectivity index (χ1n) is 4.48. The molecular weight excluding hydrogens is 304 g/mol. The van der Waals surface area contributed by atoms with Crippen LogP contribution in [-0.4, -0.2) is 30.3 Å². The summed E-state index contributed by atoms with van der Waals surface area (Å²) >= 11 is 0. The average molecular weight is 312 g/mol. The van der Waals surface area contributed by atoms with Crippen LogP contribution in [0.5, 0.6) is 0 Å². The van der Waals surface area contributed by atoms with Crippen molar-refractivity contribution in [2.24, 2.45) is 0 Å². The maximum absolute atomic E-state index is 12.7. The van der Waals surface area contributed by atoms with Gasteiger partial charge in [-0.2, -0.15) is 30.7 Å². The molecule has 0 spiro atoms. The van der Waals surface area contributed by atoms with Gasteiger partial charge in [-0.15, -0.1) is 0 Å². The van der Waals surface area contributed by atoms with E-state index in [9.17, 15) is 43.7 Å². The normalized spacial score (nSPS) is 14.1. The Bertz CT molecular complexity index is 379. The van der Waals surface area contributed by atoms with E-state index in [1.807, 2.05) is 0 Å². The van der Waals surface area contributed by atoms with Crippen LogP contribution in [0.4, 0.5) is 30.7 Å². The molecule has 0 heterocycles. The molecule has 0 aliphatic carbocycles. The molecule has 0 amide bonds. The molecular formula is C7H8F7LiO3S. The second kappa shape index (κ2) is 6.65. The van der Waals surface area contributed by atoms with E-state index in [1.165, 1.54) is 0 Å². The minimum atomic E-state index is -6.58. The molecule has 0 N–H and O–H groups in total. The van der Waals surface area contributed by atoms with Crippen molar-refractivity contribution in [1.29, 1.82) is 0 Å². The maximum Gasteiger partial charge on any atom is 1.00 e. The molecule has 0 atom stereocenters. The summed E-state index contributed by atoms with van der Waals surface area (Å²) in [5.74, 6) is -5.20. The van der Waals surface area contributed by atoms with E-state index in [2.05, 4.69) is 0 Å². The topological polar surface area (TPSA) is 57.2 Å². The standard InChI is InChI=1S/C7H9F7O3S.Li/c8-5(9,7(13,14)18(15,16)17)3-1-2-4-6(10,11)12;/h1-4H2,(H,15,16,17);/q;+1/p-1. The molecule has 0 unspecified atom stereocenters. The number of rotatable bonds is 6. The third kappa shape index (κ3) is 6.33. The fourth-order valence-electron chi connectivity index (χ4n) is 1.00. The van der Waals surface area contributed by atoms with Crippen LogP contribution >= 0.6 is 0 Å². The van der Waals surface area contributed by atoms with Gasteiger partial charge in [0.2, 0.25) is 0 Å². The van der Waals surface area contributed by atoms with Gasteiger partial charge in [0.05, 0.1) is 0 Å². The molecule has 0 aliphatic rings. The van der Waals surface area contributed by atoms with Crippen LogP contribution in [0.3, 0.4) is 0 Å². The van der Waals surface area contributed by atoms with E-state index < -0.39 is 53.2 Å². The molecule has 0 aromatic carbocycles. The largest absolute Gasteiger partial charge is 1.00 e. The molecule has 110 valence electrons. The Morgan fingerprint density at radius 2 is 1.21 bits per heavy atom. The first kappa shape index (κ1) is 21.3. The zero-order chi connectivity index (χ0) is 14.8. The first-order valence-corrected chi connectivity index (χ1v) is 5.89. The van der Waals surface area contributed by atoms with Crippen molar-refractivity contribution < 1.29 is 62.6 Å². The van der Waals surface area contributed by atoms with Gasteiger partial charge in [0.25, 0.3) is 0 Å². The minimum absolute atomic E-state index is 0. The van der Waals surface area contributed by atoms with Gasteiger partial charge in [0.15, 0.2) is 10.1 Å². The Balaban J connectivity index is 0. The zero-order valence-electron chi connectivity index (χ0n) is 9.61. The van der Waals surface area contributed by atoms with Crippen LogP contribution in [-0.2, 0) is 10.1 Å². The van der Waals surface area contributed by atoms with Crippen molar-refractivity contribution in [2.45, 2.75) is 43.0 Å². The van der Waals surface area contributed by atoms with Gasteiger partial charge in [0.1, 0.15) is 0 Å². The molecule has 0 saturated carbocycles. The van der Waals surface area contributed by atoms with E-state index >= 15 is 0 Å². The van der Waals surface area contributed by atoms with Crippen LogP contribution < -0.4 is 18.9 Å². The molecule has 0 fully saturated rings. The summed E-state index contributed by atoms with van der Waals surface area (Å²) in [5, 5.41) is -5.84. The summed E-state index contributed by atoms with van der Waals surface area (Å²) in [4.78, 5) is 0. The van der Waals surface area contributed by atoms with E-state index in [0.29, 0.717) is 0 Å². The van der Waals surface area contributed by atoms with E-state index in [1.54, 1.807) is 0 Å². The van der Waals surface area contributed by atoms with Gasteiger partial charge in [-0.05, 0) is 12.8 Å². The summed E-state index contributed by atoms with van der Waals surface area (Å²) < 4.78 is 115. The van der Waals surface area contributed by atoms with Gasteiger partial charge >= 0.3 is 36.2 Å². The van der Waals surface area contributed by atoms with Crippen molar-refractivity contribution >= 4 is 10.1 Å². The fraction of sp³-hybridized carbons (Fsp3) is 1.00. The molecule has 0 bridgehead atoms. The molecule has 0 aliphatic heterocycles. The molecule has 0 aromatic heterocycles. The SMILES string of the molecule is O=S(=O)([O-])C(F)(F)C(F)(F)CCCCC(F)(F)F.[Li+]. The molecule has 3 nitrogen and oxygen atoms in total. The van der Waals surface area contributed by atoms with Crippen LogP contribution in [0.15, 0.2) is 0 Å². The number of unbranched alkanes of at least 4 members (excludes halogenated alkanes) is 1. The summed E-state index contributed by atoms with van der Waals surface area (Å²) in [5.41, 5.74) is 0. The van der Waals surface area contributed by atoms with Gasteiger partial charge in [0, 0.05) is 12.8 Å². The molecule has 12 heteroatoms. The Kier molecular flexibility index (Phi) is 7.46. The molecule has 0 rings (SSSR count). The summed E-state index contributed by atoms with van der Waals surface area (Å²) in [6.07, 6.45) is -9.76. The predicted molar refractivity (Wildman–Crippen MR) is 44.1 cm³/mol. The second-order valence-electron chi connectivity index (χ2n) is 3.50. The average Bonchev–Trinajstić information content (AvgIpc) is 2.09. The number of hydrogen-bond donors (Lipinski definition) is 0. The fourth-order valence-corrected chi connectivity index (χ4v) is 1.47. The third-order valence-corrected chi connectivity index (χ3v) is 2.87. The molecule has 0 saturated heterocycles. The summed E-state index contributed by atoms with van der Waals surface area (Å²) in [7, 11) is -6.58. The van der Waals surface area contributed by atoms with E-state index in [0.717, 1.165) is 0 Å². The van der Waals surface area contributed by atoms with Crippen LogP contribution in [0.2, 0.25) is 0 Å². The van der Waals surface area contributed by atoms with Gasteiger partial charge in [-0.25, -0.2) is 8.42 Å². The van der Waals surface area contributed by atoms with Crippen molar-refractivity contribution in [3.63, 3.8) is 0 Å². The van der Waals surface area contributed by atoms with Crippen molar-refractivity contribution in [2.75, 3.05) is 0 Å². The second-order valence-corrected chi connectivity index (χ2v) is 4.92. The number of hydrogen-bond acceptors (Lipinski definition) is 3. The van der Waals surface area contributed by atoms with Crippen molar-refractivity contribution in [3.8, 4) is 0 Å². The van der Waals surface area contributed by atoms with Crippen molar-refractivity contribution in [3.05, 3.63) is 0 Å². The Hall–Kier alpha value is 0.0174. The monoisotopic (exact) mass is 312 g/mol. The van der Waals surface area contributed by atoms with E-state index in [4.69, 9.17) is 0 Å². The number of halogens is 7. The molecule has 0 aromatic rings. The van der Waals surface area contributed by atoms with E-state index in [-0.39, 0.29) is 18.9 Å². The molecule has 0 radical (unpaired) electrons. The quantitative estimate of drug-likeness (QED) is 0.297.